The molecule has 1 aromatic carbocycles. The topological polar surface area (TPSA) is 53.5 Å². The molecule has 1 amide bonds. The van der Waals surface area contributed by atoms with Gasteiger partial charge in [0.1, 0.15) is 0 Å². The van der Waals surface area contributed by atoms with E-state index in [0.717, 1.165) is 11.4 Å². The van der Waals surface area contributed by atoms with Crippen LogP contribution in [0, 0.1) is 5.92 Å². The summed E-state index contributed by atoms with van der Waals surface area (Å²) in [6.45, 7) is 5.97. The van der Waals surface area contributed by atoms with Crippen LogP contribution in [-0.2, 0) is 0 Å². The maximum absolute atomic E-state index is 11.9. The predicted molar refractivity (Wildman–Crippen MR) is 71.4 cm³/mol. The Morgan fingerprint density at radius 1 is 1.29 bits per heavy atom. The van der Waals surface area contributed by atoms with Gasteiger partial charge in [-0.15, -0.1) is 0 Å². The Hall–Kier alpha value is -1.84. The molecule has 0 spiro atoms. The molecule has 1 aromatic rings. The summed E-state index contributed by atoms with van der Waals surface area (Å²) < 4.78 is 0. The van der Waals surface area contributed by atoms with E-state index in [-0.39, 0.29) is 5.91 Å². The summed E-state index contributed by atoms with van der Waals surface area (Å²) in [6, 6.07) is 7.33. The van der Waals surface area contributed by atoms with Crippen molar-refractivity contribution in [2.45, 2.75) is 20.8 Å². The van der Waals surface area contributed by atoms with Gasteiger partial charge in [0.2, 0.25) is 0 Å². The molecule has 0 radical (unpaired) electrons. The molecular formula is C13H19N3O. The van der Waals surface area contributed by atoms with Gasteiger partial charge < -0.3 is 5.32 Å². The number of nitrogens with one attached hydrogen (secondary N) is 2. The van der Waals surface area contributed by atoms with Gasteiger partial charge in [-0.1, -0.05) is 26.0 Å². The fraction of sp³-hybridized carbons (Fsp3) is 0.385. The lowest BCUT2D eigenvalue weighted by Gasteiger charge is -2.08. The first-order valence-corrected chi connectivity index (χ1v) is 5.67. The van der Waals surface area contributed by atoms with Crippen molar-refractivity contribution in [3.63, 3.8) is 0 Å². The van der Waals surface area contributed by atoms with E-state index >= 15 is 0 Å². The normalized spacial score (nSPS) is 11.5. The van der Waals surface area contributed by atoms with Gasteiger partial charge in [0.15, 0.2) is 0 Å². The Kier molecular flexibility index (Phi) is 4.69. The SMILES string of the molecule is CNc1ccccc1C(=O)NN=C(C)C(C)C. The van der Waals surface area contributed by atoms with E-state index in [0.29, 0.717) is 11.5 Å². The molecule has 0 aromatic heterocycles. The van der Waals surface area contributed by atoms with E-state index in [1.165, 1.54) is 0 Å². The Labute approximate surface area is 102 Å². The molecule has 4 heteroatoms. The number of hydrazone groups is 1. The monoisotopic (exact) mass is 233 g/mol. The van der Waals surface area contributed by atoms with Crippen LogP contribution in [0.25, 0.3) is 0 Å². The zero-order valence-electron chi connectivity index (χ0n) is 10.7. The van der Waals surface area contributed by atoms with Gasteiger partial charge in [0, 0.05) is 18.4 Å². The number of rotatable bonds is 4. The van der Waals surface area contributed by atoms with Crippen LogP contribution < -0.4 is 10.7 Å². The Morgan fingerprint density at radius 3 is 2.53 bits per heavy atom. The van der Waals surface area contributed by atoms with Crippen LogP contribution in [0.5, 0.6) is 0 Å². The first-order valence-electron chi connectivity index (χ1n) is 5.67. The van der Waals surface area contributed by atoms with Gasteiger partial charge in [0.25, 0.3) is 5.91 Å². The molecule has 17 heavy (non-hydrogen) atoms. The average molecular weight is 233 g/mol. The van der Waals surface area contributed by atoms with Crippen molar-refractivity contribution in [3.8, 4) is 0 Å². The lowest BCUT2D eigenvalue weighted by molar-refractivity contribution is 0.0955. The molecule has 4 nitrogen and oxygen atoms in total. The third-order valence-corrected chi connectivity index (χ3v) is 2.61. The van der Waals surface area contributed by atoms with Crippen LogP contribution in [0.4, 0.5) is 5.69 Å². The number of amides is 1. The van der Waals surface area contributed by atoms with E-state index in [4.69, 9.17) is 0 Å². The fourth-order valence-corrected chi connectivity index (χ4v) is 1.23. The van der Waals surface area contributed by atoms with Gasteiger partial charge >= 0.3 is 0 Å². The van der Waals surface area contributed by atoms with Gasteiger partial charge in [-0.3, -0.25) is 4.79 Å². The minimum atomic E-state index is -0.199. The second-order valence-corrected chi connectivity index (χ2v) is 4.14. The van der Waals surface area contributed by atoms with Gasteiger partial charge in [-0.2, -0.15) is 5.10 Å². The maximum Gasteiger partial charge on any atom is 0.273 e. The van der Waals surface area contributed by atoms with Crippen molar-refractivity contribution in [2.75, 3.05) is 12.4 Å². The molecule has 0 aliphatic rings. The number of anilines is 1. The summed E-state index contributed by atoms with van der Waals surface area (Å²) in [5, 5.41) is 7.04. The predicted octanol–water partition coefficient (Wildman–Crippen LogP) is 2.49. The summed E-state index contributed by atoms with van der Waals surface area (Å²) in [4.78, 5) is 11.9. The third-order valence-electron chi connectivity index (χ3n) is 2.61. The quantitative estimate of drug-likeness (QED) is 0.620. The van der Waals surface area contributed by atoms with Crippen molar-refractivity contribution in [1.82, 2.24) is 5.43 Å². The van der Waals surface area contributed by atoms with Crippen LogP contribution in [0.2, 0.25) is 0 Å². The number of benzene rings is 1. The van der Waals surface area contributed by atoms with Crippen molar-refractivity contribution < 1.29 is 4.79 Å². The zero-order valence-corrected chi connectivity index (χ0v) is 10.7. The summed E-state index contributed by atoms with van der Waals surface area (Å²) >= 11 is 0. The first kappa shape index (κ1) is 13.2. The standard InChI is InChI=1S/C13H19N3O/c1-9(2)10(3)15-16-13(17)11-7-5-6-8-12(11)14-4/h5-9,14H,1-4H3,(H,16,17). The largest absolute Gasteiger partial charge is 0.387 e. The minimum absolute atomic E-state index is 0.199. The average Bonchev–Trinajstić information content (AvgIpc) is 2.35. The van der Waals surface area contributed by atoms with Gasteiger partial charge in [-0.05, 0) is 25.0 Å². The second-order valence-electron chi connectivity index (χ2n) is 4.14. The number of nitrogens with zero attached hydrogens (tertiary/aromatic N) is 1. The number of para-hydroxylation sites is 1. The first-order chi connectivity index (χ1) is 8.06. The molecule has 0 aliphatic carbocycles. The summed E-state index contributed by atoms with van der Waals surface area (Å²) in [7, 11) is 1.79. The second kappa shape index (κ2) is 6.03. The van der Waals surface area contributed by atoms with Crippen molar-refractivity contribution >= 4 is 17.3 Å². The highest BCUT2D eigenvalue weighted by Crippen LogP contribution is 2.13. The highest BCUT2D eigenvalue weighted by Gasteiger charge is 2.09. The molecule has 0 heterocycles. The number of carbonyl (C=O) groups is 1. The number of carbonyl (C=O) groups excluding carboxylic acids is 1. The smallest absolute Gasteiger partial charge is 0.273 e. The molecule has 2 N–H and O–H groups in total. The van der Waals surface area contributed by atoms with E-state index in [1.54, 1.807) is 13.1 Å². The van der Waals surface area contributed by atoms with E-state index in [1.807, 2.05) is 39.0 Å². The summed E-state index contributed by atoms with van der Waals surface area (Å²) in [5.41, 5.74) is 4.85. The maximum atomic E-state index is 11.9. The van der Waals surface area contributed by atoms with Crippen molar-refractivity contribution in [2.24, 2.45) is 11.0 Å². The van der Waals surface area contributed by atoms with Crippen LogP contribution in [0.3, 0.4) is 0 Å². The highest BCUT2D eigenvalue weighted by atomic mass is 16.2. The lowest BCUT2D eigenvalue weighted by Crippen LogP contribution is -2.21. The van der Waals surface area contributed by atoms with Crippen molar-refractivity contribution in [1.29, 1.82) is 0 Å². The molecule has 92 valence electrons. The summed E-state index contributed by atoms with van der Waals surface area (Å²) in [5.74, 6) is 0.129. The van der Waals surface area contributed by atoms with Gasteiger partial charge in [0.05, 0.1) is 5.56 Å². The van der Waals surface area contributed by atoms with E-state index in [9.17, 15) is 4.79 Å². The lowest BCUT2D eigenvalue weighted by atomic mass is 10.1. The molecular weight excluding hydrogens is 214 g/mol. The van der Waals surface area contributed by atoms with E-state index < -0.39 is 0 Å². The Balaban J connectivity index is 2.80. The van der Waals surface area contributed by atoms with Crippen LogP contribution in [0.1, 0.15) is 31.1 Å². The molecule has 0 fully saturated rings. The third kappa shape index (κ3) is 3.59. The number of hydrogen-bond acceptors (Lipinski definition) is 3. The zero-order chi connectivity index (χ0) is 12.8. The highest BCUT2D eigenvalue weighted by molar-refractivity contribution is 6.00. The molecule has 0 saturated carbocycles. The fourth-order valence-electron chi connectivity index (χ4n) is 1.23. The number of hydrogen-bond donors (Lipinski definition) is 2. The molecule has 0 unspecified atom stereocenters. The molecule has 0 atom stereocenters. The van der Waals surface area contributed by atoms with Crippen molar-refractivity contribution in [3.05, 3.63) is 29.8 Å². The van der Waals surface area contributed by atoms with Crippen LogP contribution in [-0.4, -0.2) is 18.7 Å². The van der Waals surface area contributed by atoms with Crippen LogP contribution >= 0.6 is 0 Å². The molecule has 0 bridgehead atoms. The van der Waals surface area contributed by atoms with E-state index in [2.05, 4.69) is 15.8 Å². The molecule has 1 rings (SSSR count). The Morgan fingerprint density at radius 2 is 1.94 bits per heavy atom. The molecule has 0 aliphatic heterocycles. The molecule has 0 saturated heterocycles. The Bertz CT molecular complexity index is 424. The van der Waals surface area contributed by atoms with Gasteiger partial charge in [-0.25, -0.2) is 5.43 Å². The van der Waals surface area contributed by atoms with Crippen LogP contribution in [0.15, 0.2) is 29.4 Å². The minimum Gasteiger partial charge on any atom is -0.387 e. The summed E-state index contributed by atoms with van der Waals surface area (Å²) in [6.07, 6.45) is 0.